The van der Waals surface area contributed by atoms with Crippen LogP contribution in [0.5, 0.6) is 28.7 Å². The first-order valence-corrected chi connectivity index (χ1v) is 13.2. The number of nitrogens with zero attached hydrogens (tertiary/aromatic N) is 1. The highest BCUT2D eigenvalue weighted by molar-refractivity contribution is 7.74. The molecule has 13 heteroatoms. The molecule has 1 unspecified atom stereocenters. The third-order valence-electron chi connectivity index (χ3n) is 6.52. The number of rotatable bonds is 10. The lowest BCUT2D eigenvalue weighted by Gasteiger charge is -2.18. The van der Waals surface area contributed by atoms with E-state index in [1.807, 2.05) is 0 Å². The van der Waals surface area contributed by atoms with E-state index >= 15 is 0 Å². The Morgan fingerprint density at radius 3 is 2.24 bits per heavy atom. The SMILES string of the molecule is COc1cc2nccc(Oc3ccc(NC(=O)C4(C(=O)Nc5ccc(F)cc5OS(=O)[O-])CC4)cc3)c2cc1OC. The van der Waals surface area contributed by atoms with Gasteiger partial charge in [-0.15, -0.1) is 0 Å². The van der Waals surface area contributed by atoms with Crippen LogP contribution in [0.1, 0.15) is 12.8 Å². The van der Waals surface area contributed by atoms with Crippen LogP contribution >= 0.6 is 0 Å². The molecule has 0 aliphatic heterocycles. The van der Waals surface area contributed by atoms with Crippen LogP contribution in [0.15, 0.2) is 66.9 Å². The molecule has 1 aliphatic rings. The molecule has 0 saturated heterocycles. The molecule has 41 heavy (non-hydrogen) atoms. The number of hydrogen-bond acceptors (Lipinski definition) is 9. The van der Waals surface area contributed by atoms with E-state index in [1.54, 1.807) is 55.8 Å². The second-order valence-corrected chi connectivity index (χ2v) is 9.65. The quantitative estimate of drug-likeness (QED) is 0.201. The summed E-state index contributed by atoms with van der Waals surface area (Å²) in [6.45, 7) is 0. The average molecular weight is 581 g/mol. The fourth-order valence-corrected chi connectivity index (χ4v) is 4.47. The maximum absolute atomic E-state index is 13.6. The number of benzene rings is 3. The zero-order valence-corrected chi connectivity index (χ0v) is 22.6. The first-order valence-electron chi connectivity index (χ1n) is 12.2. The van der Waals surface area contributed by atoms with E-state index in [0.717, 1.165) is 18.2 Å². The number of nitrogens with one attached hydrogen (secondary N) is 2. The molecule has 3 aromatic carbocycles. The largest absolute Gasteiger partial charge is 0.740 e. The van der Waals surface area contributed by atoms with E-state index in [0.29, 0.717) is 39.6 Å². The molecule has 11 nitrogen and oxygen atoms in total. The van der Waals surface area contributed by atoms with Gasteiger partial charge in [0.25, 0.3) is 0 Å². The Labute approximate surface area is 236 Å². The van der Waals surface area contributed by atoms with Crippen molar-refractivity contribution >= 4 is 45.5 Å². The average Bonchev–Trinajstić information content (AvgIpc) is 3.77. The first kappa shape index (κ1) is 27.8. The van der Waals surface area contributed by atoms with E-state index in [-0.39, 0.29) is 18.5 Å². The zero-order valence-electron chi connectivity index (χ0n) is 21.8. The number of aromatic nitrogens is 1. The van der Waals surface area contributed by atoms with Crippen molar-refractivity contribution in [1.82, 2.24) is 4.98 Å². The van der Waals surface area contributed by atoms with E-state index in [4.69, 9.17) is 14.2 Å². The fourth-order valence-electron chi connectivity index (χ4n) is 4.19. The molecule has 1 aromatic heterocycles. The molecule has 1 fully saturated rings. The molecule has 212 valence electrons. The molecule has 1 saturated carbocycles. The van der Waals surface area contributed by atoms with Crippen molar-refractivity contribution in [1.29, 1.82) is 0 Å². The molecule has 5 rings (SSSR count). The van der Waals surface area contributed by atoms with Crippen molar-refractivity contribution in [2.24, 2.45) is 5.41 Å². The lowest BCUT2D eigenvalue weighted by molar-refractivity contribution is -0.131. The van der Waals surface area contributed by atoms with Gasteiger partial charge in [-0.25, -0.2) is 8.60 Å². The molecular weight excluding hydrogens is 557 g/mol. The monoisotopic (exact) mass is 580 g/mol. The Hall–Kier alpha value is -4.75. The number of fused-ring (bicyclic) bond motifs is 1. The fraction of sp³-hybridized carbons (Fsp3) is 0.179. The van der Waals surface area contributed by atoms with Gasteiger partial charge in [0, 0.05) is 29.4 Å². The maximum atomic E-state index is 13.6. The molecule has 2 N–H and O–H groups in total. The number of halogens is 1. The molecular formula is C28H23FN3O8S-. The Kier molecular flexibility index (Phi) is 7.72. The van der Waals surface area contributed by atoms with Crippen LogP contribution in [0.4, 0.5) is 15.8 Å². The van der Waals surface area contributed by atoms with E-state index in [1.165, 1.54) is 7.11 Å². The van der Waals surface area contributed by atoms with Gasteiger partial charge in [0.15, 0.2) is 17.2 Å². The van der Waals surface area contributed by atoms with Gasteiger partial charge in [-0.3, -0.25) is 14.6 Å². The first-order chi connectivity index (χ1) is 19.7. The van der Waals surface area contributed by atoms with Gasteiger partial charge in [0.1, 0.15) is 34.1 Å². The van der Waals surface area contributed by atoms with Crippen LogP contribution in [-0.2, 0) is 21.0 Å². The van der Waals surface area contributed by atoms with Crippen molar-refractivity contribution < 1.29 is 41.1 Å². The third-order valence-corrected chi connectivity index (χ3v) is 6.83. The van der Waals surface area contributed by atoms with Gasteiger partial charge < -0.3 is 33.6 Å². The summed E-state index contributed by atoms with van der Waals surface area (Å²) < 4.78 is 56.7. The Bertz CT molecular complexity index is 1660. The summed E-state index contributed by atoms with van der Waals surface area (Å²) in [7, 11) is 3.08. The van der Waals surface area contributed by atoms with Crippen molar-refractivity contribution in [3.05, 3.63) is 72.7 Å². The number of carbonyl (C=O) groups is 2. The normalized spacial score (nSPS) is 14.0. The van der Waals surface area contributed by atoms with Gasteiger partial charge in [0.2, 0.25) is 11.8 Å². The highest BCUT2D eigenvalue weighted by atomic mass is 32.2. The van der Waals surface area contributed by atoms with Crippen LogP contribution in [-0.4, -0.2) is 39.8 Å². The lowest BCUT2D eigenvalue weighted by atomic mass is 10.0. The number of ether oxygens (including phenoxy) is 3. The summed E-state index contributed by atoms with van der Waals surface area (Å²) in [5, 5.41) is 5.91. The number of pyridine rings is 1. The number of amides is 2. The predicted molar refractivity (Wildman–Crippen MR) is 146 cm³/mol. The Morgan fingerprint density at radius 1 is 0.902 bits per heavy atom. The molecule has 0 bridgehead atoms. The molecule has 1 heterocycles. The summed E-state index contributed by atoms with van der Waals surface area (Å²) in [4.78, 5) is 30.4. The summed E-state index contributed by atoms with van der Waals surface area (Å²) in [5.41, 5.74) is -0.369. The highest BCUT2D eigenvalue weighted by Gasteiger charge is 2.56. The van der Waals surface area contributed by atoms with Gasteiger partial charge in [-0.2, -0.15) is 0 Å². The molecule has 1 aliphatic carbocycles. The molecule has 0 radical (unpaired) electrons. The maximum Gasteiger partial charge on any atom is 0.240 e. The topological polar surface area (TPSA) is 148 Å². The predicted octanol–water partition coefficient (Wildman–Crippen LogP) is 4.71. The van der Waals surface area contributed by atoms with Crippen LogP contribution < -0.4 is 29.0 Å². The number of hydrogen-bond donors (Lipinski definition) is 2. The van der Waals surface area contributed by atoms with E-state index < -0.39 is 40.2 Å². The summed E-state index contributed by atoms with van der Waals surface area (Å²) in [6, 6.07) is 14.8. The summed E-state index contributed by atoms with van der Waals surface area (Å²) >= 11 is -2.99. The van der Waals surface area contributed by atoms with Crippen molar-refractivity contribution in [3.63, 3.8) is 0 Å². The van der Waals surface area contributed by atoms with Gasteiger partial charge in [0.05, 0.1) is 25.4 Å². The smallest absolute Gasteiger partial charge is 0.240 e. The minimum atomic E-state index is -2.99. The number of methoxy groups -OCH3 is 2. The second kappa shape index (κ2) is 11.4. The molecule has 2 amide bonds. The van der Waals surface area contributed by atoms with Crippen LogP contribution in [0.25, 0.3) is 10.9 Å². The standard InChI is InChI=1S/C28H24FN3O8S/c1-37-24-14-19-21(15-25(24)38-2)30-12-9-22(19)39-18-6-4-17(5-7-18)31-26(33)28(10-11-28)27(34)32-20-8-3-16(29)13-23(20)40-41(35)36/h3-9,12-15H,10-11H2,1-2H3,(H,31,33)(H,32,34)(H,35,36)/p-1. The van der Waals surface area contributed by atoms with E-state index in [9.17, 15) is 22.7 Å². The van der Waals surface area contributed by atoms with Crippen LogP contribution in [0.2, 0.25) is 0 Å². The number of anilines is 2. The molecule has 1 atom stereocenters. The number of carbonyl (C=O) groups excluding carboxylic acids is 2. The van der Waals surface area contributed by atoms with Crippen molar-refractivity contribution in [3.8, 4) is 28.7 Å². The zero-order chi connectivity index (χ0) is 29.1. The summed E-state index contributed by atoms with van der Waals surface area (Å²) in [6.07, 6.45) is 2.17. The van der Waals surface area contributed by atoms with E-state index in [2.05, 4.69) is 19.8 Å². The second-order valence-electron chi connectivity index (χ2n) is 9.08. The minimum Gasteiger partial charge on any atom is -0.740 e. The molecule has 4 aromatic rings. The van der Waals surface area contributed by atoms with Gasteiger partial charge in [-0.05, 0) is 61.4 Å². The van der Waals surface area contributed by atoms with Crippen molar-refractivity contribution in [2.45, 2.75) is 12.8 Å². The lowest BCUT2D eigenvalue weighted by Crippen LogP contribution is -2.35. The van der Waals surface area contributed by atoms with Crippen molar-refractivity contribution in [2.75, 3.05) is 24.9 Å². The molecule has 0 spiro atoms. The Morgan fingerprint density at radius 2 is 1.59 bits per heavy atom. The van der Waals surface area contributed by atoms with Crippen LogP contribution in [0, 0.1) is 11.2 Å². The summed E-state index contributed by atoms with van der Waals surface area (Å²) in [5.74, 6) is -0.281. The third kappa shape index (κ3) is 5.90. The Balaban J connectivity index is 1.27. The highest BCUT2D eigenvalue weighted by Crippen LogP contribution is 2.48. The van der Waals surface area contributed by atoms with Crippen LogP contribution in [0.3, 0.4) is 0 Å². The van der Waals surface area contributed by atoms with Gasteiger partial charge in [-0.1, -0.05) is 0 Å². The van der Waals surface area contributed by atoms with Gasteiger partial charge >= 0.3 is 0 Å². The minimum absolute atomic E-state index is 0.0825.